The van der Waals surface area contributed by atoms with Gasteiger partial charge in [-0.05, 0) is 36.0 Å². The Morgan fingerprint density at radius 1 is 0.867 bits per heavy atom. The third kappa shape index (κ3) is 10.2. The average molecular weight is 214 g/mol. The van der Waals surface area contributed by atoms with Crippen molar-refractivity contribution in [3.05, 3.63) is 0 Å². The minimum absolute atomic E-state index is 0.137. The zero-order valence-electron chi connectivity index (χ0n) is 11.7. The lowest BCUT2D eigenvalue weighted by Crippen LogP contribution is -2.21. The number of hydrogen-bond donors (Lipinski definition) is 1. The van der Waals surface area contributed by atoms with Gasteiger partial charge >= 0.3 is 0 Å². The van der Waals surface area contributed by atoms with Gasteiger partial charge in [-0.25, -0.2) is 0 Å². The molecule has 0 aliphatic rings. The molecule has 1 N–H and O–H groups in total. The Balaban J connectivity index is 3.92. The number of aliphatic hydroxyl groups excluding tert-OH is 1. The van der Waals surface area contributed by atoms with Gasteiger partial charge in [-0.3, -0.25) is 0 Å². The van der Waals surface area contributed by atoms with Gasteiger partial charge in [-0.2, -0.15) is 0 Å². The summed E-state index contributed by atoms with van der Waals surface area (Å²) >= 11 is 0. The summed E-state index contributed by atoms with van der Waals surface area (Å²) in [6, 6.07) is 0. The van der Waals surface area contributed by atoms with Crippen molar-refractivity contribution in [2.24, 2.45) is 16.7 Å². The molecule has 0 saturated heterocycles. The molecule has 0 aliphatic carbocycles. The summed E-state index contributed by atoms with van der Waals surface area (Å²) < 4.78 is 0. The molecule has 0 bridgehead atoms. The Morgan fingerprint density at radius 2 is 1.27 bits per heavy atom. The van der Waals surface area contributed by atoms with Crippen molar-refractivity contribution in [1.29, 1.82) is 0 Å². The molecule has 0 heterocycles. The van der Waals surface area contributed by atoms with Gasteiger partial charge in [0.25, 0.3) is 0 Å². The van der Waals surface area contributed by atoms with Crippen LogP contribution in [0.3, 0.4) is 0 Å². The van der Waals surface area contributed by atoms with E-state index in [-0.39, 0.29) is 11.5 Å². The molecule has 0 spiro atoms. The standard InChI is InChI=1S/C14H30O/c1-11(9-13(2,3)4)8-12(15)10-14(5,6)7/h11-12,15H,8-10H2,1-7H3. The van der Waals surface area contributed by atoms with Crippen LogP contribution in [0.2, 0.25) is 0 Å². The van der Waals surface area contributed by atoms with Gasteiger partial charge in [0.2, 0.25) is 0 Å². The molecule has 2 unspecified atom stereocenters. The van der Waals surface area contributed by atoms with Crippen LogP contribution >= 0.6 is 0 Å². The summed E-state index contributed by atoms with van der Waals surface area (Å²) in [7, 11) is 0. The summed E-state index contributed by atoms with van der Waals surface area (Å²) in [5, 5.41) is 9.95. The topological polar surface area (TPSA) is 20.2 Å². The van der Waals surface area contributed by atoms with Gasteiger partial charge in [0, 0.05) is 0 Å². The normalized spacial score (nSPS) is 17.6. The molecule has 0 saturated carbocycles. The summed E-state index contributed by atoms with van der Waals surface area (Å²) in [6.45, 7) is 15.6. The van der Waals surface area contributed by atoms with Crippen molar-refractivity contribution in [3.63, 3.8) is 0 Å². The smallest absolute Gasteiger partial charge is 0.0547 e. The Morgan fingerprint density at radius 3 is 1.60 bits per heavy atom. The van der Waals surface area contributed by atoms with Crippen LogP contribution in [0.15, 0.2) is 0 Å². The zero-order valence-corrected chi connectivity index (χ0v) is 11.7. The Labute approximate surface area is 96.3 Å². The maximum Gasteiger partial charge on any atom is 0.0547 e. The number of aliphatic hydroxyl groups is 1. The van der Waals surface area contributed by atoms with Gasteiger partial charge in [-0.1, -0.05) is 48.5 Å². The van der Waals surface area contributed by atoms with Crippen LogP contribution in [-0.4, -0.2) is 11.2 Å². The first-order valence-corrected chi connectivity index (χ1v) is 6.18. The summed E-state index contributed by atoms with van der Waals surface area (Å²) in [6.07, 6.45) is 2.90. The van der Waals surface area contributed by atoms with E-state index in [1.54, 1.807) is 0 Å². The van der Waals surface area contributed by atoms with E-state index in [1.165, 1.54) is 6.42 Å². The molecule has 0 radical (unpaired) electrons. The predicted molar refractivity (Wildman–Crippen MR) is 67.9 cm³/mol. The molecule has 92 valence electrons. The first-order chi connectivity index (χ1) is 6.49. The summed E-state index contributed by atoms with van der Waals surface area (Å²) in [4.78, 5) is 0. The molecule has 0 aromatic rings. The molecule has 0 aliphatic heterocycles. The zero-order chi connectivity index (χ0) is 12.3. The quantitative estimate of drug-likeness (QED) is 0.742. The monoisotopic (exact) mass is 214 g/mol. The molecule has 0 rings (SSSR count). The third-order valence-corrected chi connectivity index (χ3v) is 2.48. The van der Waals surface area contributed by atoms with E-state index in [1.807, 2.05) is 0 Å². The second-order valence-electron chi connectivity index (χ2n) is 7.52. The molecule has 0 aromatic heterocycles. The fourth-order valence-corrected chi connectivity index (χ4v) is 2.38. The highest BCUT2D eigenvalue weighted by Gasteiger charge is 2.21. The lowest BCUT2D eigenvalue weighted by molar-refractivity contribution is 0.0908. The maximum atomic E-state index is 9.95. The van der Waals surface area contributed by atoms with Crippen molar-refractivity contribution < 1.29 is 5.11 Å². The summed E-state index contributed by atoms with van der Waals surface area (Å²) in [5.74, 6) is 0.613. The Bertz CT molecular complexity index is 151. The SMILES string of the molecule is CC(CC(O)CC(C)(C)C)CC(C)(C)C. The van der Waals surface area contributed by atoms with Crippen molar-refractivity contribution in [3.8, 4) is 0 Å². The minimum atomic E-state index is -0.137. The minimum Gasteiger partial charge on any atom is -0.393 e. The molecule has 0 amide bonds. The lowest BCUT2D eigenvalue weighted by Gasteiger charge is -2.27. The van der Waals surface area contributed by atoms with Crippen LogP contribution in [0.4, 0.5) is 0 Å². The van der Waals surface area contributed by atoms with E-state index in [0.717, 1.165) is 12.8 Å². The molecule has 0 fully saturated rings. The molecule has 0 aromatic carbocycles. The van der Waals surface area contributed by atoms with Crippen molar-refractivity contribution in [2.75, 3.05) is 0 Å². The van der Waals surface area contributed by atoms with E-state index >= 15 is 0 Å². The van der Waals surface area contributed by atoms with Crippen LogP contribution in [0.25, 0.3) is 0 Å². The van der Waals surface area contributed by atoms with Gasteiger partial charge in [-0.15, -0.1) is 0 Å². The molecule has 15 heavy (non-hydrogen) atoms. The van der Waals surface area contributed by atoms with E-state index < -0.39 is 0 Å². The predicted octanol–water partition coefficient (Wildman–Crippen LogP) is 4.25. The van der Waals surface area contributed by atoms with E-state index in [9.17, 15) is 5.11 Å². The van der Waals surface area contributed by atoms with E-state index in [4.69, 9.17) is 0 Å². The fourth-order valence-electron chi connectivity index (χ4n) is 2.38. The van der Waals surface area contributed by atoms with Crippen LogP contribution < -0.4 is 0 Å². The largest absolute Gasteiger partial charge is 0.393 e. The van der Waals surface area contributed by atoms with Gasteiger partial charge in [0.05, 0.1) is 6.10 Å². The highest BCUT2D eigenvalue weighted by molar-refractivity contribution is 4.73. The van der Waals surface area contributed by atoms with E-state index in [2.05, 4.69) is 48.5 Å². The van der Waals surface area contributed by atoms with Gasteiger partial charge in [0.15, 0.2) is 0 Å². The third-order valence-electron chi connectivity index (χ3n) is 2.48. The van der Waals surface area contributed by atoms with Crippen molar-refractivity contribution in [1.82, 2.24) is 0 Å². The highest BCUT2D eigenvalue weighted by Crippen LogP contribution is 2.29. The second kappa shape index (κ2) is 5.34. The molecule has 2 atom stereocenters. The second-order valence-corrected chi connectivity index (χ2v) is 7.52. The Kier molecular flexibility index (Phi) is 5.32. The first-order valence-electron chi connectivity index (χ1n) is 6.18. The molecule has 1 nitrogen and oxygen atoms in total. The number of hydrogen-bond acceptors (Lipinski definition) is 1. The van der Waals surface area contributed by atoms with E-state index in [0.29, 0.717) is 11.3 Å². The number of rotatable bonds is 4. The first kappa shape index (κ1) is 15.0. The van der Waals surface area contributed by atoms with Crippen LogP contribution in [0.1, 0.15) is 67.7 Å². The maximum absolute atomic E-state index is 9.95. The highest BCUT2D eigenvalue weighted by atomic mass is 16.3. The van der Waals surface area contributed by atoms with Crippen molar-refractivity contribution in [2.45, 2.75) is 73.8 Å². The van der Waals surface area contributed by atoms with Gasteiger partial charge in [0.1, 0.15) is 0 Å². The van der Waals surface area contributed by atoms with Crippen molar-refractivity contribution >= 4 is 0 Å². The van der Waals surface area contributed by atoms with Crippen LogP contribution in [0.5, 0.6) is 0 Å². The van der Waals surface area contributed by atoms with Crippen LogP contribution in [-0.2, 0) is 0 Å². The molecule has 1 heteroatoms. The molecular formula is C14H30O. The average Bonchev–Trinajstić information content (AvgIpc) is 1.73. The van der Waals surface area contributed by atoms with Gasteiger partial charge < -0.3 is 5.11 Å². The lowest BCUT2D eigenvalue weighted by atomic mass is 9.81. The Hall–Kier alpha value is -0.0400. The molecular weight excluding hydrogens is 184 g/mol. The van der Waals surface area contributed by atoms with Crippen LogP contribution in [0, 0.1) is 16.7 Å². The fraction of sp³-hybridized carbons (Fsp3) is 1.00. The summed E-state index contributed by atoms with van der Waals surface area (Å²) in [5.41, 5.74) is 0.613.